The van der Waals surface area contributed by atoms with Gasteiger partial charge < -0.3 is 4.74 Å². The Labute approximate surface area is 106 Å². The van der Waals surface area contributed by atoms with Crippen molar-refractivity contribution >= 4 is 27.3 Å². The number of hydrogen-bond donors (Lipinski definition) is 0. The van der Waals surface area contributed by atoms with Crippen molar-refractivity contribution in [1.29, 1.82) is 5.26 Å². The number of halogens is 1. The first-order valence-electron chi connectivity index (χ1n) is 4.64. The number of benzene rings is 1. The van der Waals surface area contributed by atoms with E-state index in [0.717, 1.165) is 15.1 Å². The second-order valence-electron chi connectivity index (χ2n) is 3.16. The molecule has 2 rings (SSSR count). The Kier molecular flexibility index (Phi) is 3.60. The molecule has 1 heterocycles. The van der Waals surface area contributed by atoms with E-state index < -0.39 is 0 Å². The van der Waals surface area contributed by atoms with Gasteiger partial charge in [0.25, 0.3) is 0 Å². The van der Waals surface area contributed by atoms with Gasteiger partial charge in [-0.3, -0.25) is 0 Å². The molecule has 0 saturated carbocycles. The number of nitriles is 1. The summed E-state index contributed by atoms with van der Waals surface area (Å²) in [4.78, 5) is 1.15. The summed E-state index contributed by atoms with van der Waals surface area (Å²) in [6.45, 7) is 0.533. The average Bonchev–Trinajstić information content (AvgIpc) is 2.73. The van der Waals surface area contributed by atoms with Gasteiger partial charge in [0.05, 0.1) is 11.6 Å². The highest BCUT2D eigenvalue weighted by Gasteiger charge is 2.00. The van der Waals surface area contributed by atoms with Crippen molar-refractivity contribution < 1.29 is 4.74 Å². The van der Waals surface area contributed by atoms with Crippen molar-refractivity contribution in [2.24, 2.45) is 0 Å². The maximum Gasteiger partial charge on any atom is 0.122 e. The summed E-state index contributed by atoms with van der Waals surface area (Å²) in [6, 6.07) is 11.3. The number of nitrogens with zero attached hydrogens (tertiary/aromatic N) is 1. The number of thiophene rings is 1. The Morgan fingerprint density at radius 2 is 2.25 bits per heavy atom. The van der Waals surface area contributed by atoms with Crippen molar-refractivity contribution in [3.05, 3.63) is 50.6 Å². The first-order chi connectivity index (χ1) is 7.78. The molecule has 0 radical (unpaired) electrons. The normalized spacial score (nSPS) is 9.75. The minimum absolute atomic E-state index is 0.533. The third-order valence-electron chi connectivity index (χ3n) is 1.97. The minimum Gasteiger partial charge on any atom is -0.488 e. The van der Waals surface area contributed by atoms with Gasteiger partial charge in [-0.05, 0) is 40.2 Å². The van der Waals surface area contributed by atoms with E-state index in [0.29, 0.717) is 12.2 Å². The van der Waals surface area contributed by atoms with Crippen LogP contribution in [0.15, 0.2) is 40.2 Å². The van der Waals surface area contributed by atoms with Gasteiger partial charge in [0.2, 0.25) is 0 Å². The molecule has 2 aromatic rings. The number of ether oxygens (including phenoxy) is 1. The van der Waals surface area contributed by atoms with Crippen LogP contribution in [-0.4, -0.2) is 0 Å². The fourth-order valence-corrected chi connectivity index (χ4v) is 2.60. The molecule has 0 saturated heterocycles. The Balaban J connectivity index is 2.02. The van der Waals surface area contributed by atoms with Gasteiger partial charge in [-0.1, -0.05) is 6.07 Å². The summed E-state index contributed by atoms with van der Waals surface area (Å²) < 4.78 is 6.66. The molecule has 80 valence electrons. The first-order valence-corrected chi connectivity index (χ1v) is 6.31. The van der Waals surface area contributed by atoms with Gasteiger partial charge in [0.15, 0.2) is 0 Å². The van der Waals surface area contributed by atoms with Crippen molar-refractivity contribution in [2.45, 2.75) is 6.61 Å². The lowest BCUT2D eigenvalue weighted by atomic mass is 10.2. The summed E-state index contributed by atoms with van der Waals surface area (Å²) >= 11 is 5.03. The molecular weight excluding hydrogens is 286 g/mol. The van der Waals surface area contributed by atoms with Crippen LogP contribution in [0, 0.1) is 11.3 Å². The van der Waals surface area contributed by atoms with Crippen molar-refractivity contribution in [2.75, 3.05) is 0 Å². The molecular formula is C12H8BrNOS. The molecule has 0 amide bonds. The highest BCUT2D eigenvalue weighted by molar-refractivity contribution is 9.10. The van der Waals surface area contributed by atoms with Gasteiger partial charge in [0.1, 0.15) is 12.4 Å². The lowest BCUT2D eigenvalue weighted by Crippen LogP contribution is -1.92. The van der Waals surface area contributed by atoms with Crippen LogP contribution in [0.3, 0.4) is 0 Å². The molecule has 0 spiro atoms. The van der Waals surface area contributed by atoms with Crippen LogP contribution in [0.2, 0.25) is 0 Å². The molecule has 0 N–H and O–H groups in total. The summed E-state index contributed by atoms with van der Waals surface area (Å²) in [6.07, 6.45) is 0. The van der Waals surface area contributed by atoms with E-state index in [4.69, 9.17) is 10.00 Å². The average molecular weight is 294 g/mol. The van der Waals surface area contributed by atoms with E-state index in [9.17, 15) is 0 Å². The summed E-state index contributed by atoms with van der Waals surface area (Å²) in [5.41, 5.74) is 0.616. The van der Waals surface area contributed by atoms with Crippen molar-refractivity contribution in [3.63, 3.8) is 0 Å². The maximum absolute atomic E-state index is 8.74. The molecule has 16 heavy (non-hydrogen) atoms. The topological polar surface area (TPSA) is 33.0 Å². The molecule has 0 atom stereocenters. The standard InChI is InChI=1S/C12H8BrNOS/c13-10-5-12(16-8-10)7-15-11-3-1-2-9(4-11)6-14/h1-5,8H,7H2. The molecule has 4 heteroatoms. The zero-order chi connectivity index (χ0) is 11.4. The van der Waals surface area contributed by atoms with E-state index in [1.54, 1.807) is 23.5 Å². The van der Waals surface area contributed by atoms with Gasteiger partial charge in [-0.15, -0.1) is 11.3 Å². The Morgan fingerprint density at radius 1 is 1.38 bits per heavy atom. The molecule has 1 aromatic carbocycles. The molecule has 2 nitrogen and oxygen atoms in total. The summed E-state index contributed by atoms with van der Waals surface area (Å²) in [5, 5.41) is 10.8. The van der Waals surface area contributed by atoms with Crippen molar-refractivity contribution in [1.82, 2.24) is 0 Å². The lowest BCUT2D eigenvalue weighted by Gasteiger charge is -2.04. The second-order valence-corrected chi connectivity index (χ2v) is 5.07. The third kappa shape index (κ3) is 2.84. The highest BCUT2D eigenvalue weighted by atomic mass is 79.9. The summed E-state index contributed by atoms with van der Waals surface area (Å²) in [7, 11) is 0. The van der Waals surface area contributed by atoms with Gasteiger partial charge in [0, 0.05) is 14.7 Å². The highest BCUT2D eigenvalue weighted by Crippen LogP contribution is 2.22. The van der Waals surface area contributed by atoms with Crippen LogP contribution in [0.1, 0.15) is 10.4 Å². The first kappa shape index (κ1) is 11.2. The molecule has 0 unspecified atom stereocenters. The smallest absolute Gasteiger partial charge is 0.122 e. The maximum atomic E-state index is 8.74. The predicted octanol–water partition coefficient (Wildman–Crippen LogP) is 3.96. The monoisotopic (exact) mass is 293 g/mol. The van der Waals surface area contributed by atoms with E-state index in [1.165, 1.54) is 0 Å². The fourth-order valence-electron chi connectivity index (χ4n) is 1.24. The molecule has 0 aliphatic rings. The quantitative estimate of drug-likeness (QED) is 0.858. The van der Waals surface area contributed by atoms with Crippen LogP contribution in [-0.2, 0) is 6.61 Å². The molecule has 0 bridgehead atoms. The molecule has 1 aromatic heterocycles. The summed E-state index contributed by atoms with van der Waals surface area (Å²) in [5.74, 6) is 0.726. The number of rotatable bonds is 3. The van der Waals surface area contributed by atoms with Gasteiger partial charge in [-0.25, -0.2) is 0 Å². The van der Waals surface area contributed by atoms with E-state index in [1.807, 2.05) is 23.6 Å². The fraction of sp³-hybridized carbons (Fsp3) is 0.0833. The van der Waals surface area contributed by atoms with Crippen LogP contribution in [0.5, 0.6) is 5.75 Å². The van der Waals surface area contributed by atoms with E-state index >= 15 is 0 Å². The Hall–Kier alpha value is -1.31. The third-order valence-corrected chi connectivity index (χ3v) is 3.64. The van der Waals surface area contributed by atoms with E-state index in [2.05, 4.69) is 22.0 Å². The molecule has 0 aliphatic carbocycles. The van der Waals surface area contributed by atoms with Crippen LogP contribution in [0.25, 0.3) is 0 Å². The SMILES string of the molecule is N#Cc1cccc(OCc2cc(Br)cs2)c1. The van der Waals surface area contributed by atoms with Gasteiger partial charge in [-0.2, -0.15) is 5.26 Å². The van der Waals surface area contributed by atoms with Crippen molar-refractivity contribution in [3.8, 4) is 11.8 Å². The van der Waals surface area contributed by atoms with E-state index in [-0.39, 0.29) is 0 Å². The van der Waals surface area contributed by atoms with Crippen LogP contribution in [0.4, 0.5) is 0 Å². The molecule has 0 fully saturated rings. The predicted molar refractivity (Wildman–Crippen MR) is 67.5 cm³/mol. The van der Waals surface area contributed by atoms with Crippen LogP contribution >= 0.6 is 27.3 Å². The molecule has 0 aliphatic heterocycles. The Bertz CT molecular complexity index is 530. The number of hydrogen-bond acceptors (Lipinski definition) is 3. The largest absolute Gasteiger partial charge is 0.488 e. The zero-order valence-electron chi connectivity index (χ0n) is 8.31. The Morgan fingerprint density at radius 3 is 2.94 bits per heavy atom. The van der Waals surface area contributed by atoms with Gasteiger partial charge >= 0.3 is 0 Å². The zero-order valence-corrected chi connectivity index (χ0v) is 10.7. The van der Waals surface area contributed by atoms with Crippen LogP contribution < -0.4 is 4.74 Å². The lowest BCUT2D eigenvalue weighted by molar-refractivity contribution is 0.309. The minimum atomic E-state index is 0.533. The second kappa shape index (κ2) is 5.15.